The van der Waals surface area contributed by atoms with Gasteiger partial charge in [-0.2, -0.15) is 0 Å². The molecule has 1 aliphatic heterocycles. The predicted molar refractivity (Wildman–Crippen MR) is 97.9 cm³/mol. The summed E-state index contributed by atoms with van der Waals surface area (Å²) >= 11 is 0. The highest BCUT2D eigenvalue weighted by Gasteiger charge is 2.31. The topological polar surface area (TPSA) is 38.8 Å². The molecule has 0 spiro atoms. The van der Waals surface area contributed by atoms with Crippen molar-refractivity contribution < 1.29 is 14.3 Å². The van der Waals surface area contributed by atoms with Crippen LogP contribution in [0.25, 0.3) is 0 Å². The van der Waals surface area contributed by atoms with Crippen molar-refractivity contribution in [3.05, 3.63) is 59.7 Å². The Kier molecular flexibility index (Phi) is 5.59. The fourth-order valence-corrected chi connectivity index (χ4v) is 2.95. The Balaban J connectivity index is 1.74. The Hall–Kier alpha value is -2.49. The van der Waals surface area contributed by atoms with E-state index in [1.165, 1.54) is 11.1 Å². The van der Waals surface area contributed by atoms with Gasteiger partial charge >= 0.3 is 0 Å². The number of hydrogen-bond acceptors (Lipinski definition) is 3. The van der Waals surface area contributed by atoms with Crippen LogP contribution in [-0.4, -0.2) is 30.1 Å². The van der Waals surface area contributed by atoms with Crippen LogP contribution in [0.15, 0.2) is 48.5 Å². The van der Waals surface area contributed by atoms with Crippen molar-refractivity contribution in [1.29, 1.82) is 0 Å². The van der Waals surface area contributed by atoms with Gasteiger partial charge in [-0.25, -0.2) is 0 Å². The number of unbranched alkanes of at least 4 members (excludes halogenated alkanes) is 1. The molecular formula is C21H25NO3. The van der Waals surface area contributed by atoms with Crippen molar-refractivity contribution in [2.75, 3.05) is 13.2 Å². The lowest BCUT2D eigenvalue weighted by molar-refractivity contribution is -0.142. The van der Waals surface area contributed by atoms with Gasteiger partial charge in [-0.3, -0.25) is 4.79 Å². The summed E-state index contributed by atoms with van der Waals surface area (Å²) in [7, 11) is 0. The molecular weight excluding hydrogens is 314 g/mol. The van der Waals surface area contributed by atoms with E-state index >= 15 is 0 Å². The number of rotatable bonds is 6. The molecule has 0 aromatic heterocycles. The minimum absolute atomic E-state index is 0.00814. The molecule has 3 rings (SSSR count). The van der Waals surface area contributed by atoms with Crippen molar-refractivity contribution in [1.82, 2.24) is 4.90 Å². The van der Waals surface area contributed by atoms with Crippen molar-refractivity contribution in [3.8, 4) is 11.5 Å². The molecule has 4 nitrogen and oxygen atoms in total. The number of amides is 1. The van der Waals surface area contributed by atoms with Crippen molar-refractivity contribution in [2.24, 2.45) is 0 Å². The van der Waals surface area contributed by atoms with Crippen LogP contribution in [0.3, 0.4) is 0 Å². The molecule has 0 saturated heterocycles. The van der Waals surface area contributed by atoms with Crippen LogP contribution < -0.4 is 9.47 Å². The SMILES string of the molecule is CCCCN(Cc1ccccc1C)C(=O)[C@@H]1COc2ccccc2O1. The summed E-state index contributed by atoms with van der Waals surface area (Å²) in [6.45, 7) is 5.80. The molecule has 0 unspecified atom stereocenters. The molecule has 0 bridgehead atoms. The van der Waals surface area contributed by atoms with Crippen molar-refractivity contribution in [2.45, 2.75) is 39.3 Å². The molecule has 2 aromatic carbocycles. The molecule has 25 heavy (non-hydrogen) atoms. The number of carbonyl (C=O) groups excluding carboxylic acids is 1. The quantitative estimate of drug-likeness (QED) is 0.799. The summed E-state index contributed by atoms with van der Waals surface area (Å²) in [5.74, 6) is 1.33. The fourth-order valence-electron chi connectivity index (χ4n) is 2.95. The first-order valence-corrected chi connectivity index (χ1v) is 8.91. The Morgan fingerprint density at radius 2 is 1.84 bits per heavy atom. The third-order valence-corrected chi connectivity index (χ3v) is 4.50. The monoisotopic (exact) mass is 339 g/mol. The lowest BCUT2D eigenvalue weighted by atomic mass is 10.1. The predicted octanol–water partition coefficient (Wildman–Crippen LogP) is 3.96. The van der Waals surface area contributed by atoms with Crippen LogP contribution in [0.4, 0.5) is 0 Å². The number of aryl methyl sites for hydroxylation is 1. The van der Waals surface area contributed by atoms with Crippen LogP contribution in [-0.2, 0) is 11.3 Å². The van der Waals surface area contributed by atoms with Gasteiger partial charge in [-0.15, -0.1) is 0 Å². The highest BCUT2D eigenvalue weighted by Crippen LogP contribution is 2.31. The van der Waals surface area contributed by atoms with Crippen LogP contribution in [0, 0.1) is 6.92 Å². The van der Waals surface area contributed by atoms with E-state index in [-0.39, 0.29) is 12.5 Å². The molecule has 1 aliphatic rings. The van der Waals surface area contributed by atoms with E-state index in [2.05, 4.69) is 26.0 Å². The second kappa shape index (κ2) is 8.06. The summed E-state index contributed by atoms with van der Waals surface area (Å²) in [5.41, 5.74) is 2.37. The first-order valence-electron chi connectivity index (χ1n) is 8.91. The van der Waals surface area contributed by atoms with Gasteiger partial charge < -0.3 is 14.4 Å². The zero-order valence-corrected chi connectivity index (χ0v) is 14.9. The molecule has 0 radical (unpaired) electrons. The normalized spacial score (nSPS) is 15.7. The second-order valence-corrected chi connectivity index (χ2v) is 6.40. The third kappa shape index (κ3) is 4.13. The number of carbonyl (C=O) groups is 1. The fraction of sp³-hybridized carbons (Fsp3) is 0.381. The molecule has 4 heteroatoms. The highest BCUT2D eigenvalue weighted by atomic mass is 16.6. The van der Waals surface area contributed by atoms with Crippen LogP contribution in [0.5, 0.6) is 11.5 Å². The molecule has 0 aliphatic carbocycles. The Labute approximate surface area is 149 Å². The van der Waals surface area contributed by atoms with Gasteiger partial charge in [0.2, 0.25) is 6.10 Å². The van der Waals surface area contributed by atoms with Gasteiger partial charge in [0.05, 0.1) is 0 Å². The van der Waals surface area contributed by atoms with E-state index in [0.717, 1.165) is 19.4 Å². The van der Waals surface area contributed by atoms with Gasteiger partial charge in [0.1, 0.15) is 6.61 Å². The standard InChI is InChI=1S/C21H25NO3/c1-3-4-13-22(14-17-10-6-5-9-16(17)2)21(23)20-15-24-18-11-7-8-12-19(18)25-20/h5-12,20H,3-4,13-15H2,1-2H3/t20-/m0/s1. The highest BCUT2D eigenvalue weighted by molar-refractivity contribution is 5.82. The first-order chi connectivity index (χ1) is 12.2. The summed E-state index contributed by atoms with van der Waals surface area (Å²) < 4.78 is 11.6. The van der Waals surface area contributed by atoms with Gasteiger partial charge in [0.15, 0.2) is 11.5 Å². The Morgan fingerprint density at radius 1 is 1.12 bits per heavy atom. The summed E-state index contributed by atoms with van der Waals surface area (Å²) in [5, 5.41) is 0. The zero-order valence-electron chi connectivity index (χ0n) is 14.9. The summed E-state index contributed by atoms with van der Waals surface area (Å²) in [4.78, 5) is 14.9. The van der Waals surface area contributed by atoms with Gasteiger partial charge in [-0.1, -0.05) is 49.7 Å². The third-order valence-electron chi connectivity index (χ3n) is 4.50. The minimum Gasteiger partial charge on any atom is -0.485 e. The van der Waals surface area contributed by atoms with Gasteiger partial charge in [0, 0.05) is 13.1 Å². The maximum absolute atomic E-state index is 13.1. The van der Waals surface area contributed by atoms with Crippen molar-refractivity contribution >= 4 is 5.91 Å². The zero-order chi connectivity index (χ0) is 17.6. The second-order valence-electron chi connectivity index (χ2n) is 6.40. The molecule has 132 valence electrons. The number of benzene rings is 2. The van der Waals surface area contributed by atoms with E-state index in [1.54, 1.807) is 0 Å². The van der Waals surface area contributed by atoms with Crippen LogP contribution in [0.1, 0.15) is 30.9 Å². The molecule has 2 aromatic rings. The van der Waals surface area contributed by atoms with E-state index in [1.807, 2.05) is 41.3 Å². The van der Waals surface area contributed by atoms with E-state index < -0.39 is 6.10 Å². The Bertz CT molecular complexity index is 729. The molecule has 1 atom stereocenters. The molecule has 0 fully saturated rings. The molecule has 0 saturated carbocycles. The average Bonchev–Trinajstić information content (AvgIpc) is 2.65. The van der Waals surface area contributed by atoms with Crippen LogP contribution in [0.2, 0.25) is 0 Å². The lowest BCUT2D eigenvalue weighted by Gasteiger charge is -2.31. The average molecular weight is 339 g/mol. The molecule has 0 N–H and O–H groups in total. The van der Waals surface area contributed by atoms with E-state index in [0.29, 0.717) is 18.0 Å². The Morgan fingerprint density at radius 3 is 2.60 bits per heavy atom. The van der Waals surface area contributed by atoms with Gasteiger partial charge in [-0.05, 0) is 36.6 Å². The smallest absolute Gasteiger partial charge is 0.267 e. The number of fused-ring (bicyclic) bond motifs is 1. The molecule has 1 heterocycles. The van der Waals surface area contributed by atoms with E-state index in [4.69, 9.17) is 9.47 Å². The number of hydrogen-bond donors (Lipinski definition) is 0. The number of para-hydroxylation sites is 2. The number of nitrogens with zero attached hydrogens (tertiary/aromatic N) is 1. The van der Waals surface area contributed by atoms with Crippen molar-refractivity contribution in [3.63, 3.8) is 0 Å². The van der Waals surface area contributed by atoms with Crippen LogP contribution >= 0.6 is 0 Å². The largest absolute Gasteiger partial charge is 0.485 e. The minimum atomic E-state index is -0.587. The maximum Gasteiger partial charge on any atom is 0.267 e. The maximum atomic E-state index is 13.1. The lowest BCUT2D eigenvalue weighted by Crippen LogP contribution is -2.46. The van der Waals surface area contributed by atoms with E-state index in [9.17, 15) is 4.79 Å². The first kappa shape index (κ1) is 17.3. The summed E-state index contributed by atoms with van der Waals surface area (Å²) in [6.07, 6.45) is 1.43. The molecule has 1 amide bonds. The number of ether oxygens (including phenoxy) is 2. The van der Waals surface area contributed by atoms with Gasteiger partial charge in [0.25, 0.3) is 5.91 Å². The summed E-state index contributed by atoms with van der Waals surface area (Å²) in [6, 6.07) is 15.7.